The fourth-order valence-corrected chi connectivity index (χ4v) is 5.73. The number of alkyl halides is 3. The maximum absolute atomic E-state index is 14.2. The van der Waals surface area contributed by atoms with Gasteiger partial charge in [0.1, 0.15) is 5.82 Å². The van der Waals surface area contributed by atoms with Crippen LogP contribution < -0.4 is 20.7 Å². The minimum Gasteiger partial charge on any atom is -0.352 e. The quantitative estimate of drug-likeness (QED) is 0.151. The third-order valence-corrected chi connectivity index (χ3v) is 8.51. The van der Waals surface area contributed by atoms with E-state index in [0.29, 0.717) is 22.4 Å². The number of benzene rings is 2. The number of rotatable bonds is 11. The molecule has 4 N–H and O–H groups in total. The average Bonchev–Trinajstić information content (AvgIpc) is 2.90. The van der Waals surface area contributed by atoms with Crippen LogP contribution in [-0.2, 0) is 26.2 Å². The zero-order valence-corrected chi connectivity index (χ0v) is 28.0. The summed E-state index contributed by atoms with van der Waals surface area (Å²) in [5.41, 5.74) is -3.58. The van der Waals surface area contributed by atoms with Gasteiger partial charge in [0.15, 0.2) is 0 Å². The predicted molar refractivity (Wildman–Crippen MR) is 169 cm³/mol. The van der Waals surface area contributed by atoms with E-state index in [9.17, 15) is 35.6 Å². The Hall–Kier alpha value is -2.45. The highest BCUT2D eigenvalue weighted by molar-refractivity contribution is 7.90. The van der Waals surface area contributed by atoms with Crippen molar-refractivity contribution in [3.05, 3.63) is 63.4 Å². The monoisotopic (exact) mass is 698 g/mol. The first-order chi connectivity index (χ1) is 20.7. The molecule has 0 aliphatic heterocycles. The Morgan fingerprint density at radius 3 is 2.13 bits per heavy atom. The molecule has 0 spiro atoms. The van der Waals surface area contributed by atoms with Crippen molar-refractivity contribution in [3.8, 4) is 0 Å². The number of sulfonamides is 1. The largest absolute Gasteiger partial charge is 0.511 e. The highest BCUT2D eigenvalue weighted by atomic mass is 35.5. The van der Waals surface area contributed by atoms with Crippen LogP contribution in [0.1, 0.15) is 77.3 Å². The van der Waals surface area contributed by atoms with Crippen LogP contribution in [0, 0.1) is 11.2 Å². The van der Waals surface area contributed by atoms with Crippen LogP contribution >= 0.6 is 23.2 Å². The van der Waals surface area contributed by atoms with E-state index in [1.807, 2.05) is 0 Å². The third-order valence-electron chi connectivity index (χ3n) is 6.73. The normalized spacial score (nSPS) is 18.6. The van der Waals surface area contributed by atoms with Gasteiger partial charge in [0.2, 0.25) is 12.3 Å². The van der Waals surface area contributed by atoms with Crippen molar-refractivity contribution >= 4 is 51.2 Å². The summed E-state index contributed by atoms with van der Waals surface area (Å²) in [5.74, 6) is -1.57. The smallest absolute Gasteiger partial charge is 0.352 e. The Morgan fingerprint density at radius 1 is 1.02 bits per heavy atom. The summed E-state index contributed by atoms with van der Waals surface area (Å²) in [6, 6.07) is 7.12. The molecule has 0 heterocycles. The number of nitrogens with one attached hydrogen (secondary N) is 4. The minimum absolute atomic E-state index is 0.0286. The Kier molecular flexibility index (Phi) is 14.1. The molecular weight excluding hydrogens is 659 g/mol. The standard InChI is InChI=1S/C25H28Cl2F4N4O4S.C5H12/c1-14(15-3-2-4-17(26)9-15)23(32-12-16-10-21(28)20(27)11-22(16)33-13-36)24(37)34-18-5-7-19(8-6-18)35-40(38,39)25(29,30)31;1-5(2,3)4/h2-4,9-11,13-14,18-19,23,32,35H,5-8,12H2,1H3,(H,33,36)(H,34,37);1-4H3/t14?,18?,19?,23-;/m1./s1. The maximum atomic E-state index is 14.2. The van der Waals surface area contributed by atoms with Gasteiger partial charge in [-0.15, -0.1) is 0 Å². The first-order valence-electron chi connectivity index (χ1n) is 14.3. The molecule has 2 aromatic rings. The first-order valence-corrected chi connectivity index (χ1v) is 16.5. The van der Waals surface area contributed by atoms with Gasteiger partial charge in [-0.2, -0.15) is 13.2 Å². The lowest BCUT2D eigenvalue weighted by molar-refractivity contribution is -0.124. The van der Waals surface area contributed by atoms with E-state index >= 15 is 0 Å². The lowest BCUT2D eigenvalue weighted by atomic mass is 9.89. The predicted octanol–water partition coefficient (Wildman–Crippen LogP) is 6.88. The molecule has 15 heteroatoms. The summed E-state index contributed by atoms with van der Waals surface area (Å²) >= 11 is 12.0. The lowest BCUT2D eigenvalue weighted by Gasteiger charge is -2.32. The van der Waals surface area contributed by atoms with Crippen molar-refractivity contribution in [2.24, 2.45) is 5.41 Å². The van der Waals surface area contributed by atoms with Crippen molar-refractivity contribution in [2.75, 3.05) is 5.32 Å². The molecule has 1 aliphatic rings. The summed E-state index contributed by atoms with van der Waals surface area (Å²) in [5, 5.41) is 8.72. The number of hydrogen-bond donors (Lipinski definition) is 4. The molecule has 0 bridgehead atoms. The number of halogens is 6. The van der Waals surface area contributed by atoms with Crippen molar-refractivity contribution in [1.82, 2.24) is 15.4 Å². The van der Waals surface area contributed by atoms with Crippen LogP contribution in [0.15, 0.2) is 36.4 Å². The number of hydrogen-bond acceptors (Lipinski definition) is 5. The first kappa shape index (κ1) is 38.7. The van der Waals surface area contributed by atoms with Crippen molar-refractivity contribution in [1.29, 1.82) is 0 Å². The average molecular weight is 700 g/mol. The zero-order chi connectivity index (χ0) is 34.2. The fourth-order valence-electron chi connectivity index (χ4n) is 4.56. The second-order valence-electron chi connectivity index (χ2n) is 12.5. The number of anilines is 1. The van der Waals surface area contributed by atoms with Gasteiger partial charge >= 0.3 is 15.5 Å². The van der Waals surface area contributed by atoms with E-state index in [2.05, 4.69) is 43.6 Å². The van der Waals surface area contributed by atoms with E-state index in [0.717, 1.165) is 11.6 Å². The Labute approximate surface area is 272 Å². The molecule has 0 saturated heterocycles. The molecule has 1 unspecified atom stereocenters. The second kappa shape index (κ2) is 16.4. The van der Waals surface area contributed by atoms with Gasteiger partial charge in [-0.05, 0) is 66.5 Å². The van der Waals surface area contributed by atoms with Gasteiger partial charge in [0.25, 0.3) is 0 Å². The van der Waals surface area contributed by atoms with Crippen molar-refractivity contribution < 1.29 is 35.6 Å². The molecule has 2 amide bonds. The molecule has 1 fully saturated rings. The topological polar surface area (TPSA) is 116 Å². The van der Waals surface area contributed by atoms with Crippen molar-refractivity contribution in [3.63, 3.8) is 0 Å². The molecule has 2 aromatic carbocycles. The second-order valence-corrected chi connectivity index (χ2v) is 15.1. The summed E-state index contributed by atoms with van der Waals surface area (Å²) < 4.78 is 76.8. The van der Waals surface area contributed by atoms with Crippen LogP contribution in [0.3, 0.4) is 0 Å². The highest BCUT2D eigenvalue weighted by Crippen LogP contribution is 2.28. The van der Waals surface area contributed by atoms with Gasteiger partial charge in [-0.3, -0.25) is 9.59 Å². The van der Waals surface area contributed by atoms with Gasteiger partial charge in [0, 0.05) is 35.3 Å². The molecule has 0 aromatic heterocycles. The number of amides is 2. The molecular formula is C30H40Cl2F4N4O4S. The van der Waals surface area contributed by atoms with Crippen LogP contribution in [0.25, 0.3) is 0 Å². The van der Waals surface area contributed by atoms with E-state index in [1.54, 1.807) is 35.9 Å². The van der Waals surface area contributed by atoms with Crippen molar-refractivity contribution in [2.45, 2.75) is 96.4 Å². The van der Waals surface area contributed by atoms with E-state index in [1.165, 1.54) is 6.07 Å². The lowest BCUT2D eigenvalue weighted by Crippen LogP contribution is -2.52. The fraction of sp³-hybridized carbons (Fsp3) is 0.533. The molecule has 45 heavy (non-hydrogen) atoms. The maximum Gasteiger partial charge on any atom is 0.511 e. The van der Waals surface area contributed by atoms with Gasteiger partial charge in [0.05, 0.1) is 11.1 Å². The van der Waals surface area contributed by atoms with Crippen LogP contribution in [0.2, 0.25) is 10.0 Å². The SMILES string of the molecule is CC(C)(C)C.CC(c1cccc(Cl)c1)[C@@H](NCc1cc(F)c(Cl)cc1NC=O)C(=O)NC1CCC(NS(=O)(=O)C(F)(F)F)CC1. The summed E-state index contributed by atoms with van der Waals surface area (Å²) in [6.45, 7) is 10.5. The summed E-state index contributed by atoms with van der Waals surface area (Å²) in [7, 11) is -5.46. The number of carbonyl (C=O) groups is 2. The molecule has 8 nitrogen and oxygen atoms in total. The van der Waals surface area contributed by atoms with Gasteiger partial charge in [-0.25, -0.2) is 17.5 Å². The van der Waals surface area contributed by atoms with Gasteiger partial charge in [-0.1, -0.05) is 70.0 Å². The Balaban J connectivity index is 0.00000130. The molecule has 252 valence electrons. The minimum atomic E-state index is -5.46. The van der Waals surface area contributed by atoms with Crippen LogP contribution in [0.4, 0.5) is 23.2 Å². The van der Waals surface area contributed by atoms with Crippen LogP contribution in [-0.4, -0.2) is 44.4 Å². The molecule has 1 saturated carbocycles. The van der Waals surface area contributed by atoms with E-state index < -0.39 is 51.3 Å². The van der Waals surface area contributed by atoms with Gasteiger partial charge < -0.3 is 16.0 Å². The molecule has 1 aliphatic carbocycles. The van der Waals surface area contributed by atoms with Crippen LogP contribution in [0.5, 0.6) is 0 Å². The Bertz CT molecular complexity index is 1410. The summed E-state index contributed by atoms with van der Waals surface area (Å²) in [4.78, 5) is 24.5. The molecule has 0 radical (unpaired) electrons. The Morgan fingerprint density at radius 2 is 1.60 bits per heavy atom. The molecule has 2 atom stereocenters. The van der Waals surface area contributed by atoms with E-state index in [-0.39, 0.29) is 42.9 Å². The van der Waals surface area contributed by atoms with E-state index in [4.69, 9.17) is 23.2 Å². The third kappa shape index (κ3) is 12.7. The highest BCUT2D eigenvalue weighted by Gasteiger charge is 2.47. The number of carbonyl (C=O) groups excluding carboxylic acids is 2. The zero-order valence-electron chi connectivity index (χ0n) is 25.7. The molecule has 3 rings (SSSR count). The summed E-state index contributed by atoms with van der Waals surface area (Å²) in [6.07, 6.45) is 1.13.